The van der Waals surface area contributed by atoms with Crippen LogP contribution in [0.4, 0.5) is 0 Å². The topological polar surface area (TPSA) is 38.7 Å². The van der Waals surface area contributed by atoms with Crippen molar-refractivity contribution in [3.63, 3.8) is 0 Å². The molecule has 3 heteroatoms. The van der Waals surface area contributed by atoms with Gasteiger partial charge in [0.25, 0.3) is 0 Å². The number of ether oxygens (including phenoxy) is 1. The normalized spacial score (nSPS) is 11.6. The third kappa shape index (κ3) is 3.35. The number of hydrogen-bond donors (Lipinski definition) is 0. The third-order valence-corrected chi connectivity index (χ3v) is 0.987. The molecular weight excluding hydrogens is 142 g/mol. The maximum Gasteiger partial charge on any atom is 0.356 e. The van der Waals surface area contributed by atoms with Crippen LogP contribution in [0.25, 0.3) is 0 Å². The van der Waals surface area contributed by atoms with Gasteiger partial charge in [0, 0.05) is 6.21 Å². The van der Waals surface area contributed by atoms with E-state index in [-0.39, 0.29) is 5.70 Å². The van der Waals surface area contributed by atoms with Crippen molar-refractivity contribution >= 4 is 12.2 Å². The molecule has 11 heavy (non-hydrogen) atoms. The Hall–Kier alpha value is -1.38. The zero-order valence-corrected chi connectivity index (χ0v) is 6.70. The Kier molecular flexibility index (Phi) is 4.73. The lowest BCUT2D eigenvalue weighted by atomic mass is 10.4. The lowest BCUT2D eigenvalue weighted by molar-refractivity contribution is -0.136. The van der Waals surface area contributed by atoms with Crippen molar-refractivity contribution in [1.29, 1.82) is 0 Å². The van der Waals surface area contributed by atoms with Gasteiger partial charge < -0.3 is 4.74 Å². The molecule has 0 aromatic carbocycles. The van der Waals surface area contributed by atoms with Crippen LogP contribution in [0, 0.1) is 0 Å². The summed E-state index contributed by atoms with van der Waals surface area (Å²) >= 11 is 0. The number of aliphatic imine (C=N–C) groups is 1. The van der Waals surface area contributed by atoms with Crippen LogP contribution in [-0.4, -0.2) is 19.3 Å². The lowest BCUT2D eigenvalue weighted by Gasteiger charge is -1.95. The van der Waals surface area contributed by atoms with E-state index in [1.807, 2.05) is 0 Å². The summed E-state index contributed by atoms with van der Waals surface area (Å²) in [6.07, 6.45) is 4.50. The molecule has 0 aromatic heterocycles. The van der Waals surface area contributed by atoms with E-state index < -0.39 is 5.97 Å². The number of allylic oxidation sites excluding steroid dienone is 2. The van der Waals surface area contributed by atoms with Crippen LogP contribution >= 0.6 is 0 Å². The van der Waals surface area contributed by atoms with Crippen LogP contribution in [0.1, 0.15) is 6.92 Å². The Labute approximate surface area is 66.1 Å². The standard InChI is InChI=1S/C8H11NO2/c1-4-6-9-7(5-2)8(10)11-3/h4-6H,1H2,2-3H3/b7-5-,9-6-. The van der Waals surface area contributed by atoms with Gasteiger partial charge in [0.15, 0.2) is 0 Å². The Morgan fingerprint density at radius 3 is 2.64 bits per heavy atom. The highest BCUT2D eigenvalue weighted by Gasteiger charge is 2.03. The van der Waals surface area contributed by atoms with Crippen LogP contribution in [0.3, 0.4) is 0 Å². The van der Waals surface area contributed by atoms with E-state index in [2.05, 4.69) is 16.3 Å². The van der Waals surface area contributed by atoms with Crippen molar-refractivity contribution in [2.75, 3.05) is 7.11 Å². The van der Waals surface area contributed by atoms with Crippen LogP contribution in [0.5, 0.6) is 0 Å². The molecule has 0 saturated heterocycles. The molecule has 0 saturated carbocycles. The number of carbonyl (C=O) groups is 1. The number of carbonyl (C=O) groups excluding carboxylic acids is 1. The molecule has 0 aliphatic heterocycles. The molecule has 0 spiro atoms. The van der Waals surface area contributed by atoms with E-state index in [1.165, 1.54) is 19.4 Å². The minimum absolute atomic E-state index is 0.285. The molecular formula is C8H11NO2. The number of nitrogens with zero attached hydrogens (tertiary/aromatic N) is 1. The monoisotopic (exact) mass is 153 g/mol. The summed E-state index contributed by atoms with van der Waals surface area (Å²) in [6, 6.07) is 0. The van der Waals surface area contributed by atoms with E-state index in [9.17, 15) is 4.79 Å². The Bertz CT molecular complexity index is 204. The van der Waals surface area contributed by atoms with Gasteiger partial charge in [-0.15, -0.1) is 0 Å². The molecule has 0 aromatic rings. The fraction of sp³-hybridized carbons (Fsp3) is 0.250. The molecule has 0 fully saturated rings. The fourth-order valence-electron chi connectivity index (χ4n) is 0.483. The van der Waals surface area contributed by atoms with Gasteiger partial charge in [-0.1, -0.05) is 18.7 Å². The highest BCUT2D eigenvalue weighted by Crippen LogP contribution is 1.97. The molecule has 0 rings (SSSR count). The smallest absolute Gasteiger partial charge is 0.356 e. The van der Waals surface area contributed by atoms with Gasteiger partial charge in [-0.2, -0.15) is 0 Å². The quantitative estimate of drug-likeness (QED) is 0.348. The summed E-state index contributed by atoms with van der Waals surface area (Å²) < 4.78 is 4.45. The second kappa shape index (κ2) is 5.41. The van der Waals surface area contributed by atoms with Gasteiger partial charge in [-0.05, 0) is 6.92 Å². The predicted molar refractivity (Wildman–Crippen MR) is 44.5 cm³/mol. The highest BCUT2D eigenvalue weighted by molar-refractivity contribution is 5.90. The van der Waals surface area contributed by atoms with E-state index in [0.717, 1.165) is 0 Å². The molecule has 0 radical (unpaired) electrons. The Balaban J connectivity index is 4.31. The SMILES string of the molecule is C=C/C=N\C(=C/C)C(=O)OC. The summed E-state index contributed by atoms with van der Waals surface area (Å²) in [5.74, 6) is -0.439. The van der Waals surface area contributed by atoms with Gasteiger partial charge in [-0.3, -0.25) is 0 Å². The van der Waals surface area contributed by atoms with Crippen LogP contribution in [0.2, 0.25) is 0 Å². The van der Waals surface area contributed by atoms with E-state index in [1.54, 1.807) is 13.0 Å². The second-order valence-corrected chi connectivity index (χ2v) is 1.68. The molecule has 0 N–H and O–H groups in total. The summed E-state index contributed by atoms with van der Waals surface area (Å²) in [4.78, 5) is 14.6. The first kappa shape index (κ1) is 9.62. The van der Waals surface area contributed by atoms with E-state index >= 15 is 0 Å². The molecule has 0 aliphatic carbocycles. The maximum atomic E-state index is 10.8. The van der Waals surface area contributed by atoms with Gasteiger partial charge in [0.05, 0.1) is 7.11 Å². The number of esters is 1. The van der Waals surface area contributed by atoms with Crippen molar-refractivity contribution in [2.45, 2.75) is 6.92 Å². The molecule has 0 atom stereocenters. The van der Waals surface area contributed by atoms with Gasteiger partial charge in [0.2, 0.25) is 0 Å². The van der Waals surface area contributed by atoms with Crippen molar-refractivity contribution in [3.8, 4) is 0 Å². The summed E-state index contributed by atoms with van der Waals surface area (Å²) in [5, 5.41) is 0. The molecule has 60 valence electrons. The van der Waals surface area contributed by atoms with Crippen molar-refractivity contribution in [1.82, 2.24) is 0 Å². The van der Waals surface area contributed by atoms with E-state index in [4.69, 9.17) is 0 Å². The van der Waals surface area contributed by atoms with E-state index in [0.29, 0.717) is 0 Å². The van der Waals surface area contributed by atoms with Crippen LogP contribution in [-0.2, 0) is 9.53 Å². The van der Waals surface area contributed by atoms with Crippen molar-refractivity contribution in [3.05, 3.63) is 24.4 Å². The molecule has 0 aliphatic rings. The van der Waals surface area contributed by atoms with Gasteiger partial charge in [0.1, 0.15) is 5.70 Å². The first-order valence-electron chi connectivity index (χ1n) is 3.16. The molecule has 0 unspecified atom stereocenters. The Morgan fingerprint density at radius 2 is 2.27 bits per heavy atom. The zero-order chi connectivity index (χ0) is 8.69. The third-order valence-electron chi connectivity index (χ3n) is 0.987. The average molecular weight is 153 g/mol. The lowest BCUT2D eigenvalue weighted by Crippen LogP contribution is -2.02. The largest absolute Gasteiger partial charge is 0.464 e. The predicted octanol–water partition coefficient (Wildman–Crippen LogP) is 1.32. The fourth-order valence-corrected chi connectivity index (χ4v) is 0.483. The van der Waals surface area contributed by atoms with Crippen LogP contribution < -0.4 is 0 Å². The van der Waals surface area contributed by atoms with Crippen LogP contribution in [0.15, 0.2) is 29.4 Å². The average Bonchev–Trinajstić information content (AvgIpc) is 2.05. The van der Waals surface area contributed by atoms with Crippen molar-refractivity contribution < 1.29 is 9.53 Å². The molecule has 0 amide bonds. The number of hydrogen-bond acceptors (Lipinski definition) is 3. The molecule has 0 bridgehead atoms. The number of methoxy groups -OCH3 is 1. The second-order valence-electron chi connectivity index (χ2n) is 1.68. The number of rotatable bonds is 3. The Morgan fingerprint density at radius 1 is 1.64 bits per heavy atom. The summed E-state index contributed by atoms with van der Waals surface area (Å²) in [7, 11) is 1.31. The molecule has 0 heterocycles. The minimum atomic E-state index is -0.439. The highest BCUT2D eigenvalue weighted by atomic mass is 16.5. The van der Waals surface area contributed by atoms with Gasteiger partial charge in [-0.25, -0.2) is 9.79 Å². The zero-order valence-electron chi connectivity index (χ0n) is 6.70. The first-order valence-corrected chi connectivity index (χ1v) is 3.16. The summed E-state index contributed by atoms with van der Waals surface area (Å²) in [6.45, 7) is 5.14. The molecule has 3 nitrogen and oxygen atoms in total. The first-order chi connectivity index (χ1) is 5.26. The van der Waals surface area contributed by atoms with Gasteiger partial charge >= 0.3 is 5.97 Å². The maximum absolute atomic E-state index is 10.8. The minimum Gasteiger partial charge on any atom is -0.464 e. The summed E-state index contributed by atoms with van der Waals surface area (Å²) in [5.41, 5.74) is 0.285. The van der Waals surface area contributed by atoms with Crippen molar-refractivity contribution in [2.24, 2.45) is 4.99 Å².